The smallest absolute Gasteiger partial charge is 0.326 e. The van der Waals surface area contributed by atoms with Crippen LogP contribution in [0.2, 0.25) is 0 Å². The van der Waals surface area contributed by atoms with Crippen molar-refractivity contribution in [2.75, 3.05) is 5.32 Å². The Kier molecular flexibility index (Phi) is 6.49. The van der Waals surface area contributed by atoms with Crippen molar-refractivity contribution in [3.05, 3.63) is 65.7 Å². The molecule has 0 aliphatic heterocycles. The Morgan fingerprint density at radius 1 is 0.885 bits per heavy atom. The Morgan fingerprint density at radius 3 is 2.00 bits per heavy atom. The maximum Gasteiger partial charge on any atom is 0.326 e. The predicted octanol–water partition coefficient (Wildman–Crippen LogP) is 3.17. The van der Waals surface area contributed by atoms with Gasteiger partial charge in [0.1, 0.15) is 6.04 Å². The first-order valence-corrected chi connectivity index (χ1v) is 8.37. The lowest BCUT2D eigenvalue weighted by Gasteiger charge is -2.16. The van der Waals surface area contributed by atoms with Crippen LogP contribution in [0.15, 0.2) is 54.6 Å². The topological polar surface area (TPSA) is 95.5 Å². The summed E-state index contributed by atoms with van der Waals surface area (Å²) < 4.78 is 0. The number of carboxylic acids is 1. The predicted molar refractivity (Wildman–Crippen MR) is 99.2 cm³/mol. The fourth-order valence-corrected chi connectivity index (χ4v) is 2.43. The lowest BCUT2D eigenvalue weighted by Crippen LogP contribution is -2.41. The lowest BCUT2D eigenvalue weighted by atomic mass is 10.0. The zero-order chi connectivity index (χ0) is 19.1. The standard InChI is InChI=1S/C20H22N2O4/c1-13(2)12-17(20(25)26)22-19(24)15-8-10-16(11-9-15)21-18(23)14-6-4-3-5-7-14/h3-11,13,17H,12H2,1-2H3,(H,21,23)(H,22,24)(H,25,26). The maximum absolute atomic E-state index is 12.2. The number of carbonyl (C=O) groups excluding carboxylic acids is 2. The second kappa shape index (κ2) is 8.80. The van der Waals surface area contributed by atoms with Crippen molar-refractivity contribution in [3.8, 4) is 0 Å². The molecule has 0 heterocycles. The van der Waals surface area contributed by atoms with E-state index in [1.165, 1.54) is 0 Å². The van der Waals surface area contributed by atoms with Crippen LogP contribution in [0.4, 0.5) is 5.69 Å². The molecule has 0 fully saturated rings. The minimum atomic E-state index is -1.06. The highest BCUT2D eigenvalue weighted by molar-refractivity contribution is 6.04. The second-order valence-corrected chi connectivity index (χ2v) is 6.39. The van der Waals surface area contributed by atoms with Gasteiger partial charge in [-0.15, -0.1) is 0 Å². The SMILES string of the molecule is CC(C)CC(NC(=O)c1ccc(NC(=O)c2ccccc2)cc1)C(=O)O. The van der Waals surface area contributed by atoms with Gasteiger partial charge in [-0.2, -0.15) is 0 Å². The van der Waals surface area contributed by atoms with Crippen molar-refractivity contribution >= 4 is 23.5 Å². The van der Waals surface area contributed by atoms with E-state index in [4.69, 9.17) is 0 Å². The first-order chi connectivity index (χ1) is 12.4. The van der Waals surface area contributed by atoms with E-state index in [0.29, 0.717) is 23.2 Å². The molecule has 0 radical (unpaired) electrons. The molecule has 1 unspecified atom stereocenters. The van der Waals surface area contributed by atoms with Crippen LogP contribution in [-0.2, 0) is 4.79 Å². The fraction of sp³-hybridized carbons (Fsp3) is 0.250. The van der Waals surface area contributed by atoms with Crippen molar-refractivity contribution in [2.45, 2.75) is 26.3 Å². The minimum Gasteiger partial charge on any atom is -0.480 e. The lowest BCUT2D eigenvalue weighted by molar-refractivity contribution is -0.139. The first kappa shape index (κ1) is 19.2. The molecule has 3 N–H and O–H groups in total. The van der Waals surface area contributed by atoms with Gasteiger partial charge in [0.15, 0.2) is 0 Å². The molecule has 6 nitrogen and oxygen atoms in total. The number of aliphatic carboxylic acids is 1. The van der Waals surface area contributed by atoms with Crippen LogP contribution < -0.4 is 10.6 Å². The van der Waals surface area contributed by atoms with Crippen LogP contribution in [0, 0.1) is 5.92 Å². The summed E-state index contributed by atoms with van der Waals surface area (Å²) in [6, 6.07) is 14.2. The largest absolute Gasteiger partial charge is 0.480 e. The molecule has 2 aromatic carbocycles. The fourth-order valence-electron chi connectivity index (χ4n) is 2.43. The molecule has 1 atom stereocenters. The van der Waals surface area contributed by atoms with Crippen LogP contribution in [0.1, 0.15) is 41.0 Å². The van der Waals surface area contributed by atoms with Gasteiger partial charge in [-0.25, -0.2) is 4.79 Å². The molecular formula is C20H22N2O4. The molecule has 6 heteroatoms. The van der Waals surface area contributed by atoms with E-state index in [0.717, 1.165) is 0 Å². The van der Waals surface area contributed by atoms with Crippen LogP contribution in [0.5, 0.6) is 0 Å². The van der Waals surface area contributed by atoms with Gasteiger partial charge < -0.3 is 15.7 Å². The van der Waals surface area contributed by atoms with Crippen molar-refractivity contribution in [1.82, 2.24) is 5.32 Å². The summed E-state index contributed by atoms with van der Waals surface area (Å²) in [5.41, 5.74) is 1.41. The average molecular weight is 354 g/mol. The Labute approximate surface area is 152 Å². The monoisotopic (exact) mass is 354 g/mol. The van der Waals surface area contributed by atoms with E-state index in [9.17, 15) is 19.5 Å². The Hall–Kier alpha value is -3.15. The number of benzene rings is 2. The zero-order valence-corrected chi connectivity index (χ0v) is 14.7. The number of amides is 2. The number of hydrogen-bond donors (Lipinski definition) is 3. The number of carbonyl (C=O) groups is 3. The molecule has 26 heavy (non-hydrogen) atoms. The molecule has 0 aromatic heterocycles. The van der Waals surface area contributed by atoms with Gasteiger partial charge in [0.2, 0.25) is 0 Å². The average Bonchev–Trinajstić information content (AvgIpc) is 2.62. The molecule has 0 bridgehead atoms. The second-order valence-electron chi connectivity index (χ2n) is 6.39. The van der Waals surface area contributed by atoms with E-state index in [1.54, 1.807) is 48.5 Å². The van der Waals surface area contributed by atoms with E-state index in [-0.39, 0.29) is 11.8 Å². The number of nitrogens with one attached hydrogen (secondary N) is 2. The van der Waals surface area contributed by atoms with Gasteiger partial charge in [0.05, 0.1) is 0 Å². The summed E-state index contributed by atoms with van der Waals surface area (Å²) in [6.07, 6.45) is 0.353. The third-order valence-corrected chi connectivity index (χ3v) is 3.75. The number of hydrogen-bond acceptors (Lipinski definition) is 3. The highest BCUT2D eigenvalue weighted by atomic mass is 16.4. The van der Waals surface area contributed by atoms with Gasteiger partial charge in [0.25, 0.3) is 11.8 Å². The van der Waals surface area contributed by atoms with Gasteiger partial charge in [-0.3, -0.25) is 9.59 Å². The van der Waals surface area contributed by atoms with Crippen LogP contribution in [0.25, 0.3) is 0 Å². The molecule has 2 rings (SSSR count). The molecule has 0 aliphatic rings. The number of anilines is 1. The van der Waals surface area contributed by atoms with Gasteiger partial charge >= 0.3 is 5.97 Å². The van der Waals surface area contributed by atoms with E-state index in [2.05, 4.69) is 10.6 Å². The highest BCUT2D eigenvalue weighted by Gasteiger charge is 2.21. The number of rotatable bonds is 7. The zero-order valence-electron chi connectivity index (χ0n) is 14.7. The van der Waals surface area contributed by atoms with Crippen molar-refractivity contribution in [1.29, 1.82) is 0 Å². The number of carboxylic acid groups (broad SMARTS) is 1. The summed E-state index contributed by atoms with van der Waals surface area (Å²) in [5, 5.41) is 14.5. The van der Waals surface area contributed by atoms with Gasteiger partial charge in [-0.1, -0.05) is 32.0 Å². The van der Waals surface area contributed by atoms with Crippen molar-refractivity contribution < 1.29 is 19.5 Å². The Morgan fingerprint density at radius 2 is 1.46 bits per heavy atom. The highest BCUT2D eigenvalue weighted by Crippen LogP contribution is 2.12. The van der Waals surface area contributed by atoms with Crippen molar-refractivity contribution in [3.63, 3.8) is 0 Å². The minimum absolute atomic E-state index is 0.145. The Bertz CT molecular complexity index is 770. The molecule has 136 valence electrons. The third-order valence-electron chi connectivity index (χ3n) is 3.75. The van der Waals surface area contributed by atoms with Gasteiger partial charge in [-0.05, 0) is 48.7 Å². The summed E-state index contributed by atoms with van der Waals surface area (Å²) in [4.78, 5) is 35.6. The molecule has 0 saturated heterocycles. The third kappa shape index (κ3) is 5.44. The molecule has 2 aromatic rings. The first-order valence-electron chi connectivity index (χ1n) is 8.37. The van der Waals surface area contributed by atoms with Crippen LogP contribution >= 0.6 is 0 Å². The molecule has 0 aliphatic carbocycles. The van der Waals surface area contributed by atoms with E-state index in [1.807, 2.05) is 19.9 Å². The molecular weight excluding hydrogens is 332 g/mol. The van der Waals surface area contributed by atoms with E-state index >= 15 is 0 Å². The molecule has 2 amide bonds. The van der Waals surface area contributed by atoms with E-state index < -0.39 is 17.9 Å². The summed E-state index contributed by atoms with van der Waals surface area (Å²) >= 11 is 0. The molecule has 0 spiro atoms. The normalized spacial score (nSPS) is 11.7. The Balaban J connectivity index is 2.00. The van der Waals surface area contributed by atoms with Crippen LogP contribution in [0.3, 0.4) is 0 Å². The summed E-state index contributed by atoms with van der Waals surface area (Å²) in [6.45, 7) is 3.79. The maximum atomic E-state index is 12.2. The summed E-state index contributed by atoms with van der Waals surface area (Å²) in [7, 11) is 0. The van der Waals surface area contributed by atoms with Crippen molar-refractivity contribution in [2.24, 2.45) is 5.92 Å². The molecule has 0 saturated carbocycles. The van der Waals surface area contributed by atoms with Gasteiger partial charge in [0, 0.05) is 16.8 Å². The van der Waals surface area contributed by atoms with Crippen LogP contribution in [-0.4, -0.2) is 28.9 Å². The quantitative estimate of drug-likeness (QED) is 0.712. The summed E-state index contributed by atoms with van der Waals surface area (Å²) in [5.74, 6) is -1.62.